The monoisotopic (exact) mass is 349 g/mol. The SMILES string of the molecule is O=C(Cc1cccc2ccccc12)N/N=C/c1cc([N+](=O)[O-])ccc1O. The lowest BCUT2D eigenvalue weighted by molar-refractivity contribution is -0.384. The normalized spacial score (nSPS) is 10.9. The van der Waals surface area contributed by atoms with Crippen LogP contribution in [-0.4, -0.2) is 22.2 Å². The molecule has 3 rings (SSSR count). The van der Waals surface area contributed by atoms with Gasteiger partial charge in [-0.2, -0.15) is 5.10 Å². The summed E-state index contributed by atoms with van der Waals surface area (Å²) in [4.78, 5) is 22.3. The number of nitrogens with one attached hydrogen (secondary N) is 1. The van der Waals surface area contributed by atoms with Crippen molar-refractivity contribution < 1.29 is 14.8 Å². The molecule has 0 aliphatic rings. The molecule has 2 N–H and O–H groups in total. The van der Waals surface area contributed by atoms with E-state index in [0.29, 0.717) is 0 Å². The van der Waals surface area contributed by atoms with Gasteiger partial charge in [0, 0.05) is 17.7 Å². The van der Waals surface area contributed by atoms with E-state index < -0.39 is 4.92 Å². The Kier molecular flexibility index (Phi) is 4.89. The van der Waals surface area contributed by atoms with Crippen LogP contribution in [-0.2, 0) is 11.2 Å². The lowest BCUT2D eigenvalue weighted by Crippen LogP contribution is -2.19. The van der Waals surface area contributed by atoms with Gasteiger partial charge in [-0.3, -0.25) is 14.9 Å². The minimum Gasteiger partial charge on any atom is -0.507 e. The fourth-order valence-corrected chi connectivity index (χ4v) is 2.59. The first-order valence-corrected chi connectivity index (χ1v) is 7.80. The maximum absolute atomic E-state index is 12.1. The fraction of sp³-hybridized carbons (Fsp3) is 0.0526. The van der Waals surface area contributed by atoms with Crippen LogP contribution < -0.4 is 5.43 Å². The molecule has 3 aromatic rings. The van der Waals surface area contributed by atoms with E-state index in [4.69, 9.17) is 0 Å². The van der Waals surface area contributed by atoms with E-state index >= 15 is 0 Å². The zero-order valence-corrected chi connectivity index (χ0v) is 13.6. The van der Waals surface area contributed by atoms with Crippen LogP contribution in [0.5, 0.6) is 5.75 Å². The summed E-state index contributed by atoms with van der Waals surface area (Å²) in [5.41, 5.74) is 3.21. The number of carbonyl (C=O) groups excluding carboxylic acids is 1. The van der Waals surface area contributed by atoms with Crippen LogP contribution in [0.4, 0.5) is 5.69 Å². The highest BCUT2D eigenvalue weighted by Gasteiger charge is 2.09. The molecule has 0 spiro atoms. The van der Waals surface area contributed by atoms with Crippen LogP contribution in [0, 0.1) is 10.1 Å². The van der Waals surface area contributed by atoms with Crippen molar-refractivity contribution in [1.29, 1.82) is 0 Å². The van der Waals surface area contributed by atoms with Crippen molar-refractivity contribution >= 4 is 28.6 Å². The summed E-state index contributed by atoms with van der Waals surface area (Å²) in [7, 11) is 0. The van der Waals surface area contributed by atoms with Crippen LogP contribution >= 0.6 is 0 Å². The molecular weight excluding hydrogens is 334 g/mol. The van der Waals surface area contributed by atoms with Gasteiger partial charge < -0.3 is 5.11 Å². The Morgan fingerprint density at radius 3 is 2.73 bits per heavy atom. The molecule has 0 aliphatic carbocycles. The maximum atomic E-state index is 12.1. The van der Waals surface area contributed by atoms with E-state index in [0.717, 1.165) is 16.3 Å². The zero-order valence-electron chi connectivity index (χ0n) is 13.6. The van der Waals surface area contributed by atoms with Crippen molar-refractivity contribution in [3.8, 4) is 5.75 Å². The summed E-state index contributed by atoms with van der Waals surface area (Å²) in [6.07, 6.45) is 1.31. The van der Waals surface area contributed by atoms with E-state index in [2.05, 4.69) is 10.5 Å². The predicted octanol–water partition coefficient (Wildman–Crippen LogP) is 3.15. The van der Waals surface area contributed by atoms with Gasteiger partial charge in [0.05, 0.1) is 17.6 Å². The van der Waals surface area contributed by atoms with E-state index in [-0.39, 0.29) is 29.3 Å². The first-order valence-electron chi connectivity index (χ1n) is 7.80. The Bertz CT molecular complexity index is 1010. The molecule has 7 nitrogen and oxygen atoms in total. The summed E-state index contributed by atoms with van der Waals surface area (Å²) in [6, 6.07) is 17.1. The third-order valence-electron chi connectivity index (χ3n) is 3.85. The van der Waals surface area contributed by atoms with E-state index in [1.54, 1.807) is 0 Å². The third kappa shape index (κ3) is 3.84. The lowest BCUT2D eigenvalue weighted by atomic mass is 10.0. The minimum absolute atomic E-state index is 0.139. The topological polar surface area (TPSA) is 105 Å². The van der Waals surface area contributed by atoms with Crippen LogP contribution in [0.15, 0.2) is 65.8 Å². The van der Waals surface area contributed by atoms with Crippen LogP contribution in [0.25, 0.3) is 10.8 Å². The van der Waals surface area contributed by atoms with Crippen molar-refractivity contribution in [1.82, 2.24) is 5.43 Å². The van der Waals surface area contributed by atoms with Crippen LogP contribution in [0.3, 0.4) is 0 Å². The average molecular weight is 349 g/mol. The summed E-state index contributed by atoms with van der Waals surface area (Å²) in [5.74, 6) is -0.495. The molecule has 0 aliphatic heterocycles. The number of hydrogen-bond donors (Lipinski definition) is 2. The lowest BCUT2D eigenvalue weighted by Gasteiger charge is -2.05. The zero-order chi connectivity index (χ0) is 18.5. The van der Waals surface area contributed by atoms with Gasteiger partial charge in [0.25, 0.3) is 5.69 Å². The highest BCUT2D eigenvalue weighted by molar-refractivity contribution is 5.91. The highest BCUT2D eigenvalue weighted by Crippen LogP contribution is 2.21. The molecule has 26 heavy (non-hydrogen) atoms. The maximum Gasteiger partial charge on any atom is 0.270 e. The number of amides is 1. The molecule has 130 valence electrons. The fourth-order valence-electron chi connectivity index (χ4n) is 2.59. The van der Waals surface area contributed by atoms with Gasteiger partial charge in [-0.1, -0.05) is 42.5 Å². The van der Waals surface area contributed by atoms with Crippen molar-refractivity contribution in [2.24, 2.45) is 5.10 Å². The molecule has 0 bridgehead atoms. The smallest absolute Gasteiger partial charge is 0.270 e. The van der Waals surface area contributed by atoms with Gasteiger partial charge >= 0.3 is 0 Å². The standard InChI is InChI=1S/C19H15N3O4/c23-18-9-8-16(22(25)26)10-15(18)12-20-21-19(24)11-14-6-3-5-13-4-1-2-7-17(13)14/h1-10,12,23H,11H2,(H,21,24)/b20-12+. The molecule has 0 atom stereocenters. The van der Waals surface area contributed by atoms with Gasteiger partial charge in [-0.05, 0) is 22.4 Å². The van der Waals surface area contributed by atoms with Crippen molar-refractivity contribution in [2.45, 2.75) is 6.42 Å². The third-order valence-corrected chi connectivity index (χ3v) is 3.85. The Morgan fingerprint density at radius 1 is 1.15 bits per heavy atom. The second-order valence-corrected chi connectivity index (χ2v) is 5.61. The molecule has 1 amide bonds. The number of aromatic hydroxyl groups is 1. The Hall–Kier alpha value is -3.74. The van der Waals surface area contributed by atoms with Gasteiger partial charge in [0.2, 0.25) is 5.91 Å². The summed E-state index contributed by atoms with van der Waals surface area (Å²) in [5, 5.41) is 26.3. The van der Waals surface area contributed by atoms with Gasteiger partial charge in [0.1, 0.15) is 5.75 Å². The van der Waals surface area contributed by atoms with E-state index in [1.807, 2.05) is 42.5 Å². The summed E-state index contributed by atoms with van der Waals surface area (Å²) >= 11 is 0. The number of phenolic OH excluding ortho intramolecular Hbond substituents is 1. The molecule has 0 saturated carbocycles. The van der Waals surface area contributed by atoms with Crippen molar-refractivity contribution in [3.05, 3.63) is 81.9 Å². The first-order chi connectivity index (χ1) is 12.5. The molecule has 0 unspecified atom stereocenters. The summed E-state index contributed by atoms with van der Waals surface area (Å²) in [6.45, 7) is 0. The van der Waals surface area contributed by atoms with Gasteiger partial charge in [-0.25, -0.2) is 5.43 Å². The van der Waals surface area contributed by atoms with Gasteiger partial charge in [0.15, 0.2) is 0 Å². The van der Waals surface area contributed by atoms with E-state index in [1.165, 1.54) is 24.4 Å². The number of rotatable bonds is 5. The summed E-state index contributed by atoms with van der Waals surface area (Å²) < 4.78 is 0. The van der Waals surface area contributed by atoms with Crippen LogP contribution in [0.2, 0.25) is 0 Å². The van der Waals surface area contributed by atoms with Gasteiger partial charge in [-0.15, -0.1) is 0 Å². The number of benzene rings is 3. The molecule has 7 heteroatoms. The van der Waals surface area contributed by atoms with E-state index in [9.17, 15) is 20.0 Å². The Balaban J connectivity index is 1.70. The second kappa shape index (κ2) is 7.43. The Labute approximate surface area is 148 Å². The number of nitro groups is 1. The number of fused-ring (bicyclic) bond motifs is 1. The molecule has 0 saturated heterocycles. The van der Waals surface area contributed by atoms with Crippen molar-refractivity contribution in [2.75, 3.05) is 0 Å². The number of phenols is 1. The van der Waals surface area contributed by atoms with Crippen LogP contribution in [0.1, 0.15) is 11.1 Å². The quantitative estimate of drug-likeness (QED) is 0.419. The molecule has 0 radical (unpaired) electrons. The average Bonchev–Trinajstić information content (AvgIpc) is 2.63. The number of hydrogen-bond acceptors (Lipinski definition) is 5. The van der Waals surface area contributed by atoms with Crippen molar-refractivity contribution in [3.63, 3.8) is 0 Å². The highest BCUT2D eigenvalue weighted by atomic mass is 16.6. The second-order valence-electron chi connectivity index (χ2n) is 5.61. The number of carbonyl (C=O) groups is 1. The molecule has 3 aromatic carbocycles. The number of non-ortho nitro benzene ring substituents is 1. The largest absolute Gasteiger partial charge is 0.507 e. The minimum atomic E-state index is -0.574. The number of nitro benzene ring substituents is 1. The Morgan fingerprint density at radius 2 is 1.92 bits per heavy atom. The first kappa shape index (κ1) is 17.1. The molecule has 0 heterocycles. The predicted molar refractivity (Wildman–Crippen MR) is 98.1 cm³/mol. The molecule has 0 aromatic heterocycles. The number of nitrogens with zero attached hydrogens (tertiary/aromatic N) is 2. The number of hydrazone groups is 1. The molecular formula is C19H15N3O4. The molecule has 0 fully saturated rings.